The molecule has 1 heterocycles. The van der Waals surface area contributed by atoms with E-state index in [2.05, 4.69) is 51.1 Å². The van der Waals surface area contributed by atoms with Crippen molar-refractivity contribution in [3.05, 3.63) is 41.1 Å². The number of hydrogen-bond donors (Lipinski definition) is 0. The second kappa shape index (κ2) is 5.18. The van der Waals surface area contributed by atoms with E-state index in [-0.39, 0.29) is 0 Å². The molecule has 2 rings (SSSR count). The molecule has 2 nitrogen and oxygen atoms in total. The van der Waals surface area contributed by atoms with Gasteiger partial charge in [-0.3, -0.25) is 4.98 Å². The van der Waals surface area contributed by atoms with Gasteiger partial charge in [0, 0.05) is 11.1 Å². The lowest BCUT2D eigenvalue weighted by Gasteiger charge is -2.12. The van der Waals surface area contributed by atoms with Crippen molar-refractivity contribution in [1.29, 1.82) is 5.26 Å². The second-order valence-electron chi connectivity index (χ2n) is 4.86. The summed E-state index contributed by atoms with van der Waals surface area (Å²) in [4.78, 5) is 4.78. The van der Waals surface area contributed by atoms with Gasteiger partial charge in [-0.1, -0.05) is 39.0 Å². The largest absolute Gasteiger partial charge is 0.252 e. The minimum absolute atomic E-state index is 0.386. The van der Waals surface area contributed by atoms with Crippen molar-refractivity contribution in [3.63, 3.8) is 0 Å². The first-order chi connectivity index (χ1) is 8.67. The molecule has 0 saturated heterocycles. The van der Waals surface area contributed by atoms with Gasteiger partial charge in [0.2, 0.25) is 0 Å². The Morgan fingerprint density at radius 3 is 2.67 bits per heavy atom. The van der Waals surface area contributed by atoms with Crippen LogP contribution >= 0.6 is 0 Å². The standard InChI is InChI=1S/C16H18N2/c1-4-12-6-5-7-14-13(8-9-17)10-15(11(2)3)18-16(12)14/h5-7,10-11H,4,8H2,1-3H3. The van der Waals surface area contributed by atoms with E-state index in [0.717, 1.165) is 28.6 Å². The third-order valence-corrected chi connectivity index (χ3v) is 3.27. The van der Waals surface area contributed by atoms with Crippen LogP contribution in [0.3, 0.4) is 0 Å². The summed E-state index contributed by atoms with van der Waals surface area (Å²) in [5.74, 6) is 0.386. The molecule has 0 saturated carbocycles. The van der Waals surface area contributed by atoms with Crippen molar-refractivity contribution in [1.82, 2.24) is 4.98 Å². The predicted octanol–water partition coefficient (Wildman–Crippen LogP) is 3.99. The molecule has 0 aliphatic heterocycles. The molecular formula is C16H18N2. The van der Waals surface area contributed by atoms with Gasteiger partial charge in [0.05, 0.1) is 18.0 Å². The van der Waals surface area contributed by atoms with E-state index >= 15 is 0 Å². The number of benzene rings is 1. The number of nitriles is 1. The molecule has 18 heavy (non-hydrogen) atoms. The Hall–Kier alpha value is -1.88. The fourth-order valence-corrected chi connectivity index (χ4v) is 2.21. The fourth-order valence-electron chi connectivity index (χ4n) is 2.21. The Morgan fingerprint density at radius 1 is 1.28 bits per heavy atom. The molecule has 0 aliphatic carbocycles. The smallest absolute Gasteiger partial charge is 0.0740 e. The van der Waals surface area contributed by atoms with E-state index in [1.54, 1.807) is 0 Å². The molecule has 0 atom stereocenters. The molecule has 0 fully saturated rings. The summed E-state index contributed by atoms with van der Waals surface area (Å²) in [5.41, 5.74) is 4.50. The van der Waals surface area contributed by atoms with Crippen molar-refractivity contribution < 1.29 is 0 Å². The zero-order valence-electron chi connectivity index (χ0n) is 11.2. The van der Waals surface area contributed by atoms with Gasteiger partial charge in [-0.05, 0) is 29.5 Å². The number of aryl methyl sites for hydroxylation is 1. The molecule has 0 bridgehead atoms. The molecule has 0 amide bonds. The molecule has 2 aromatic rings. The molecule has 92 valence electrons. The third kappa shape index (κ3) is 2.22. The minimum atomic E-state index is 0.386. The molecule has 0 N–H and O–H groups in total. The van der Waals surface area contributed by atoms with Crippen LogP contribution in [0.4, 0.5) is 0 Å². The minimum Gasteiger partial charge on any atom is -0.252 e. The molecule has 1 aromatic carbocycles. The zero-order valence-corrected chi connectivity index (χ0v) is 11.2. The highest BCUT2D eigenvalue weighted by atomic mass is 14.7. The average molecular weight is 238 g/mol. The van der Waals surface area contributed by atoms with E-state index < -0.39 is 0 Å². The summed E-state index contributed by atoms with van der Waals surface area (Å²) in [6.45, 7) is 6.42. The maximum atomic E-state index is 8.96. The van der Waals surface area contributed by atoms with E-state index in [4.69, 9.17) is 10.2 Å². The van der Waals surface area contributed by atoms with Crippen LogP contribution in [0.2, 0.25) is 0 Å². The number of nitrogens with zero attached hydrogens (tertiary/aromatic N) is 2. The van der Waals surface area contributed by atoms with Gasteiger partial charge in [-0.15, -0.1) is 0 Å². The van der Waals surface area contributed by atoms with E-state index in [1.807, 2.05) is 0 Å². The highest BCUT2D eigenvalue weighted by Crippen LogP contribution is 2.25. The summed E-state index contributed by atoms with van der Waals surface area (Å²) >= 11 is 0. The van der Waals surface area contributed by atoms with E-state index in [9.17, 15) is 0 Å². The Kier molecular flexibility index (Phi) is 3.62. The third-order valence-electron chi connectivity index (χ3n) is 3.27. The lowest BCUT2D eigenvalue weighted by atomic mass is 9.98. The molecular weight excluding hydrogens is 220 g/mol. The normalized spacial score (nSPS) is 10.8. The number of aromatic nitrogens is 1. The van der Waals surface area contributed by atoms with Gasteiger partial charge in [0.1, 0.15) is 0 Å². The first kappa shape index (κ1) is 12.6. The fraction of sp³-hybridized carbons (Fsp3) is 0.375. The number of para-hydroxylation sites is 1. The monoisotopic (exact) mass is 238 g/mol. The molecule has 1 aromatic heterocycles. The van der Waals surface area contributed by atoms with Crippen LogP contribution in [0.5, 0.6) is 0 Å². The Labute approximate surface area is 108 Å². The van der Waals surface area contributed by atoms with Crippen molar-refractivity contribution >= 4 is 10.9 Å². The topological polar surface area (TPSA) is 36.7 Å². The molecule has 0 unspecified atom stereocenters. The second-order valence-corrected chi connectivity index (χ2v) is 4.86. The molecule has 0 radical (unpaired) electrons. The van der Waals surface area contributed by atoms with Crippen molar-refractivity contribution in [2.75, 3.05) is 0 Å². The van der Waals surface area contributed by atoms with Crippen molar-refractivity contribution in [2.24, 2.45) is 0 Å². The zero-order chi connectivity index (χ0) is 13.1. The maximum Gasteiger partial charge on any atom is 0.0740 e. The summed E-state index contributed by atoms with van der Waals surface area (Å²) in [6, 6.07) is 10.6. The Bertz CT molecular complexity index is 606. The van der Waals surface area contributed by atoms with Gasteiger partial charge < -0.3 is 0 Å². The average Bonchev–Trinajstić information content (AvgIpc) is 2.38. The van der Waals surface area contributed by atoms with Crippen molar-refractivity contribution in [2.45, 2.75) is 39.5 Å². The molecule has 0 spiro atoms. The number of pyridine rings is 1. The number of rotatable bonds is 3. The van der Waals surface area contributed by atoms with Crippen LogP contribution in [0.25, 0.3) is 10.9 Å². The number of hydrogen-bond acceptors (Lipinski definition) is 2. The van der Waals surface area contributed by atoms with Crippen LogP contribution in [0, 0.1) is 11.3 Å². The summed E-state index contributed by atoms with van der Waals surface area (Å²) in [5, 5.41) is 10.1. The quantitative estimate of drug-likeness (QED) is 0.810. The summed E-state index contributed by atoms with van der Waals surface area (Å²) in [6.07, 6.45) is 1.42. The van der Waals surface area contributed by atoms with E-state index in [0.29, 0.717) is 12.3 Å². The van der Waals surface area contributed by atoms with E-state index in [1.165, 1.54) is 5.56 Å². The van der Waals surface area contributed by atoms with Crippen LogP contribution < -0.4 is 0 Å². The lowest BCUT2D eigenvalue weighted by Crippen LogP contribution is -1.99. The van der Waals surface area contributed by atoms with Crippen LogP contribution in [-0.2, 0) is 12.8 Å². The van der Waals surface area contributed by atoms with Gasteiger partial charge in [-0.25, -0.2) is 0 Å². The maximum absolute atomic E-state index is 8.96. The SMILES string of the molecule is CCc1cccc2c(CC#N)cc(C(C)C)nc12. The highest BCUT2D eigenvalue weighted by Gasteiger charge is 2.10. The van der Waals surface area contributed by atoms with Gasteiger partial charge in [-0.2, -0.15) is 5.26 Å². The Morgan fingerprint density at radius 2 is 2.06 bits per heavy atom. The summed E-state index contributed by atoms with van der Waals surface area (Å²) < 4.78 is 0. The van der Waals surface area contributed by atoms with Crippen LogP contribution in [-0.4, -0.2) is 4.98 Å². The van der Waals surface area contributed by atoms with Crippen LogP contribution in [0.15, 0.2) is 24.3 Å². The predicted molar refractivity (Wildman–Crippen MR) is 74.5 cm³/mol. The van der Waals surface area contributed by atoms with Crippen molar-refractivity contribution in [3.8, 4) is 6.07 Å². The van der Waals surface area contributed by atoms with Gasteiger partial charge >= 0.3 is 0 Å². The van der Waals surface area contributed by atoms with Gasteiger partial charge in [0.25, 0.3) is 0 Å². The highest BCUT2D eigenvalue weighted by molar-refractivity contribution is 5.85. The number of fused-ring (bicyclic) bond motifs is 1. The Balaban J connectivity index is 2.77. The molecule has 2 heteroatoms. The molecule has 0 aliphatic rings. The van der Waals surface area contributed by atoms with Gasteiger partial charge in [0.15, 0.2) is 0 Å². The summed E-state index contributed by atoms with van der Waals surface area (Å²) in [7, 11) is 0. The first-order valence-electron chi connectivity index (χ1n) is 6.45. The lowest BCUT2D eigenvalue weighted by molar-refractivity contribution is 0.826. The first-order valence-corrected chi connectivity index (χ1v) is 6.45. The van der Waals surface area contributed by atoms with Crippen LogP contribution in [0.1, 0.15) is 43.5 Å².